The molecule has 0 rings (SSSR count). The Balaban J connectivity index is 3.30. The summed E-state index contributed by atoms with van der Waals surface area (Å²) in [5.74, 6) is 0.665. The van der Waals surface area contributed by atoms with Crippen LogP contribution in [0.1, 0.15) is 52.9 Å². The first-order chi connectivity index (χ1) is 6.20. The highest BCUT2D eigenvalue weighted by molar-refractivity contribution is 7.80. The van der Waals surface area contributed by atoms with Crippen molar-refractivity contribution in [3.63, 3.8) is 0 Å². The van der Waals surface area contributed by atoms with Gasteiger partial charge in [-0.2, -0.15) is 0 Å². The van der Waals surface area contributed by atoms with Gasteiger partial charge in [-0.25, -0.2) is 0 Å². The molecule has 0 aliphatic heterocycles. The zero-order valence-electron chi connectivity index (χ0n) is 9.14. The lowest BCUT2D eigenvalue weighted by molar-refractivity contribution is 0.287. The van der Waals surface area contributed by atoms with Gasteiger partial charge in [-0.1, -0.05) is 40.0 Å². The highest BCUT2D eigenvalue weighted by Gasteiger charge is 2.03. The molecule has 1 unspecified atom stereocenters. The number of hydrogen-bond acceptors (Lipinski definition) is 2. The van der Waals surface area contributed by atoms with Crippen LogP contribution in [0.5, 0.6) is 0 Å². The van der Waals surface area contributed by atoms with Crippen LogP contribution in [-0.4, -0.2) is 11.7 Å². The second-order valence-corrected chi connectivity index (χ2v) is 4.10. The highest BCUT2D eigenvalue weighted by Crippen LogP contribution is 2.09. The molecule has 13 heavy (non-hydrogen) atoms. The Kier molecular flexibility index (Phi) is 8.41. The van der Waals surface area contributed by atoms with Crippen molar-refractivity contribution in [1.29, 1.82) is 0 Å². The fourth-order valence-electron chi connectivity index (χ4n) is 1.03. The van der Waals surface area contributed by atoms with Crippen LogP contribution in [0.2, 0.25) is 0 Å². The van der Waals surface area contributed by atoms with E-state index in [9.17, 15) is 0 Å². The van der Waals surface area contributed by atoms with E-state index in [1.54, 1.807) is 0 Å². The normalized spacial score (nSPS) is 12.5. The van der Waals surface area contributed by atoms with Gasteiger partial charge in [0.2, 0.25) is 0 Å². The van der Waals surface area contributed by atoms with Crippen molar-refractivity contribution in [3.05, 3.63) is 0 Å². The summed E-state index contributed by atoms with van der Waals surface area (Å²) in [5, 5.41) is 0.797. The third-order valence-corrected chi connectivity index (χ3v) is 2.51. The van der Waals surface area contributed by atoms with Crippen molar-refractivity contribution < 1.29 is 4.74 Å². The van der Waals surface area contributed by atoms with Crippen molar-refractivity contribution in [2.45, 2.75) is 52.9 Å². The van der Waals surface area contributed by atoms with E-state index in [0.717, 1.165) is 24.5 Å². The summed E-state index contributed by atoms with van der Waals surface area (Å²) < 4.78 is 5.45. The first-order valence-electron chi connectivity index (χ1n) is 5.36. The minimum Gasteiger partial charge on any atom is -0.487 e. The molecular formula is C11H22OS. The summed E-state index contributed by atoms with van der Waals surface area (Å²) in [6.07, 6.45) is 5.74. The number of thiocarbonyl (C=S) groups is 1. The van der Waals surface area contributed by atoms with Gasteiger partial charge in [0, 0.05) is 6.42 Å². The molecule has 0 amide bonds. The monoisotopic (exact) mass is 202 g/mol. The second-order valence-electron chi connectivity index (χ2n) is 3.65. The van der Waals surface area contributed by atoms with E-state index in [-0.39, 0.29) is 0 Å². The molecule has 78 valence electrons. The Bertz CT molecular complexity index is 134. The lowest BCUT2D eigenvalue weighted by atomic mass is 10.1. The van der Waals surface area contributed by atoms with Crippen LogP contribution in [0, 0.1) is 5.92 Å². The van der Waals surface area contributed by atoms with E-state index in [2.05, 4.69) is 20.8 Å². The third kappa shape index (κ3) is 8.23. The lowest BCUT2D eigenvalue weighted by Crippen LogP contribution is -2.07. The van der Waals surface area contributed by atoms with Crippen LogP contribution in [0.15, 0.2) is 0 Å². The maximum Gasteiger partial charge on any atom is 0.159 e. The van der Waals surface area contributed by atoms with Gasteiger partial charge in [-0.3, -0.25) is 0 Å². The van der Waals surface area contributed by atoms with Crippen molar-refractivity contribution in [1.82, 2.24) is 0 Å². The van der Waals surface area contributed by atoms with Crippen LogP contribution in [0.4, 0.5) is 0 Å². The van der Waals surface area contributed by atoms with Gasteiger partial charge in [0.25, 0.3) is 0 Å². The molecule has 0 heterocycles. The fourth-order valence-corrected chi connectivity index (χ4v) is 1.39. The number of unbranched alkanes of at least 4 members (excludes halogenated alkanes) is 2. The van der Waals surface area contributed by atoms with Gasteiger partial charge in [0.05, 0.1) is 6.61 Å². The lowest BCUT2D eigenvalue weighted by Gasteiger charge is -2.10. The van der Waals surface area contributed by atoms with Crippen LogP contribution < -0.4 is 0 Å². The third-order valence-electron chi connectivity index (χ3n) is 2.22. The SMILES string of the molecule is CCCCCOC(=S)CC(C)CC. The minimum absolute atomic E-state index is 0.665. The van der Waals surface area contributed by atoms with Crippen molar-refractivity contribution >= 4 is 17.3 Å². The Morgan fingerprint density at radius 2 is 2.00 bits per heavy atom. The van der Waals surface area contributed by atoms with E-state index in [1.165, 1.54) is 19.3 Å². The summed E-state index contributed by atoms with van der Waals surface area (Å²) in [6, 6.07) is 0. The molecule has 0 aromatic heterocycles. The number of hydrogen-bond donors (Lipinski definition) is 0. The summed E-state index contributed by atoms with van der Waals surface area (Å²) in [5.41, 5.74) is 0. The maximum absolute atomic E-state index is 5.45. The van der Waals surface area contributed by atoms with Crippen LogP contribution >= 0.6 is 12.2 Å². The van der Waals surface area contributed by atoms with E-state index in [0.29, 0.717) is 5.92 Å². The fraction of sp³-hybridized carbons (Fsp3) is 0.909. The number of ether oxygens (including phenoxy) is 1. The molecule has 0 spiro atoms. The van der Waals surface area contributed by atoms with Gasteiger partial charge in [0.15, 0.2) is 5.05 Å². The second kappa shape index (κ2) is 8.49. The van der Waals surface area contributed by atoms with Crippen molar-refractivity contribution in [3.8, 4) is 0 Å². The molecule has 0 fully saturated rings. The standard InChI is InChI=1S/C11H22OS/c1-4-6-7-8-12-11(13)9-10(3)5-2/h10H,4-9H2,1-3H3. The summed E-state index contributed by atoms with van der Waals surface area (Å²) in [6.45, 7) is 7.40. The maximum atomic E-state index is 5.45. The average molecular weight is 202 g/mol. The Hall–Kier alpha value is -0.110. The Labute approximate surface area is 87.9 Å². The Morgan fingerprint density at radius 1 is 1.31 bits per heavy atom. The molecular weight excluding hydrogens is 180 g/mol. The summed E-state index contributed by atoms with van der Waals surface area (Å²) in [4.78, 5) is 0. The average Bonchev–Trinajstić information content (AvgIpc) is 2.12. The largest absolute Gasteiger partial charge is 0.487 e. The smallest absolute Gasteiger partial charge is 0.159 e. The molecule has 1 atom stereocenters. The van der Waals surface area contributed by atoms with Gasteiger partial charge >= 0.3 is 0 Å². The summed E-state index contributed by atoms with van der Waals surface area (Å²) in [7, 11) is 0. The van der Waals surface area contributed by atoms with E-state index >= 15 is 0 Å². The molecule has 0 aliphatic rings. The zero-order chi connectivity index (χ0) is 10.1. The van der Waals surface area contributed by atoms with Gasteiger partial charge in [0.1, 0.15) is 0 Å². The molecule has 2 heteroatoms. The first-order valence-corrected chi connectivity index (χ1v) is 5.77. The molecule has 0 N–H and O–H groups in total. The van der Waals surface area contributed by atoms with E-state index in [4.69, 9.17) is 17.0 Å². The first kappa shape index (κ1) is 12.9. The molecule has 0 aromatic carbocycles. The molecule has 0 aliphatic carbocycles. The molecule has 0 radical (unpaired) electrons. The predicted molar refractivity (Wildman–Crippen MR) is 62.1 cm³/mol. The van der Waals surface area contributed by atoms with Crippen LogP contribution in [-0.2, 0) is 4.74 Å². The molecule has 1 nitrogen and oxygen atoms in total. The molecule has 0 bridgehead atoms. The molecule has 0 aromatic rings. The van der Waals surface area contributed by atoms with Crippen molar-refractivity contribution in [2.24, 2.45) is 5.92 Å². The van der Waals surface area contributed by atoms with Gasteiger partial charge < -0.3 is 4.74 Å². The zero-order valence-corrected chi connectivity index (χ0v) is 9.95. The molecule has 0 saturated carbocycles. The quantitative estimate of drug-likeness (QED) is 0.456. The van der Waals surface area contributed by atoms with E-state index in [1.807, 2.05) is 0 Å². The predicted octanol–water partition coefficient (Wildman–Crippen LogP) is 3.96. The van der Waals surface area contributed by atoms with Gasteiger partial charge in [-0.05, 0) is 24.6 Å². The van der Waals surface area contributed by atoms with Gasteiger partial charge in [-0.15, -0.1) is 0 Å². The highest BCUT2D eigenvalue weighted by atomic mass is 32.1. The minimum atomic E-state index is 0.665. The van der Waals surface area contributed by atoms with Crippen LogP contribution in [0.3, 0.4) is 0 Å². The Morgan fingerprint density at radius 3 is 2.54 bits per heavy atom. The number of rotatable bonds is 7. The van der Waals surface area contributed by atoms with Crippen LogP contribution in [0.25, 0.3) is 0 Å². The van der Waals surface area contributed by atoms with Crippen molar-refractivity contribution in [2.75, 3.05) is 6.61 Å². The summed E-state index contributed by atoms with van der Waals surface area (Å²) >= 11 is 5.12. The molecule has 0 saturated heterocycles. The topological polar surface area (TPSA) is 9.23 Å². The van der Waals surface area contributed by atoms with E-state index < -0.39 is 0 Å².